The van der Waals surface area contributed by atoms with Crippen molar-refractivity contribution < 1.29 is 0 Å². The molecule has 1 aromatic heterocycles. The number of hydrogen-bond donors (Lipinski definition) is 0. The van der Waals surface area contributed by atoms with Gasteiger partial charge in [-0.15, -0.1) is 0 Å². The minimum atomic E-state index is -0.455. The fourth-order valence-electron chi connectivity index (χ4n) is 11.2. The van der Waals surface area contributed by atoms with Crippen LogP contribution in [0.2, 0.25) is 0 Å². The minimum absolute atomic E-state index is 0.455. The first-order valence-corrected chi connectivity index (χ1v) is 23.8. The number of para-hydroxylation sites is 3. The molecular formula is C67H46N2. The third-order valence-corrected chi connectivity index (χ3v) is 14.3. The van der Waals surface area contributed by atoms with Gasteiger partial charge in [-0.1, -0.05) is 224 Å². The van der Waals surface area contributed by atoms with E-state index in [9.17, 15) is 0 Å². The van der Waals surface area contributed by atoms with Crippen LogP contribution in [0.15, 0.2) is 279 Å². The molecule has 69 heavy (non-hydrogen) atoms. The number of hydrogen-bond acceptors (Lipinski definition) is 1. The van der Waals surface area contributed by atoms with Crippen molar-refractivity contribution in [3.63, 3.8) is 0 Å². The highest BCUT2D eigenvalue weighted by molar-refractivity contribution is 6.11. The average Bonchev–Trinajstić information content (AvgIpc) is 3.92. The normalized spacial score (nSPS) is 12.5. The Morgan fingerprint density at radius 1 is 0.290 bits per heavy atom. The molecule has 13 rings (SSSR count). The summed E-state index contributed by atoms with van der Waals surface area (Å²) in [4.78, 5) is 2.39. The second-order valence-electron chi connectivity index (χ2n) is 18.0. The van der Waals surface area contributed by atoms with Crippen LogP contribution < -0.4 is 4.90 Å². The smallest absolute Gasteiger partial charge is 0.0713 e. The molecule has 0 saturated carbocycles. The summed E-state index contributed by atoms with van der Waals surface area (Å²) in [5.41, 5.74) is 21.1. The van der Waals surface area contributed by atoms with Gasteiger partial charge in [0.15, 0.2) is 0 Å². The van der Waals surface area contributed by atoms with E-state index < -0.39 is 5.41 Å². The van der Waals surface area contributed by atoms with Crippen LogP contribution in [-0.4, -0.2) is 4.57 Å². The predicted molar refractivity (Wildman–Crippen MR) is 289 cm³/mol. The number of nitrogens with zero attached hydrogens (tertiary/aromatic N) is 2. The molecule has 0 fully saturated rings. The fourth-order valence-corrected chi connectivity index (χ4v) is 11.2. The van der Waals surface area contributed by atoms with Crippen LogP contribution in [0.1, 0.15) is 22.3 Å². The van der Waals surface area contributed by atoms with Crippen LogP contribution in [0.3, 0.4) is 0 Å². The Morgan fingerprint density at radius 3 is 1.45 bits per heavy atom. The topological polar surface area (TPSA) is 8.17 Å². The van der Waals surface area contributed by atoms with Crippen molar-refractivity contribution in [3.05, 3.63) is 301 Å². The minimum Gasteiger partial charge on any atom is -0.310 e. The molecule has 2 heteroatoms. The first-order chi connectivity index (χ1) is 34.2. The highest BCUT2D eigenvalue weighted by atomic mass is 15.1. The van der Waals surface area contributed by atoms with Gasteiger partial charge >= 0.3 is 0 Å². The van der Waals surface area contributed by atoms with E-state index in [-0.39, 0.29) is 0 Å². The molecule has 0 unspecified atom stereocenters. The zero-order valence-corrected chi connectivity index (χ0v) is 38.0. The maximum atomic E-state index is 2.48. The number of fused-ring (bicyclic) bond motifs is 6. The maximum Gasteiger partial charge on any atom is 0.0713 e. The summed E-state index contributed by atoms with van der Waals surface area (Å²) in [7, 11) is 0. The number of aromatic nitrogens is 1. The standard InChI is InChI=1S/C67H46N2/c1-5-19-47(20-6-1)48-33-35-49(36-34-48)50-37-40-55(41-38-50)68(54-25-11-4-12-26-54)64-31-17-14-27-57(64)51-39-43-60-59-29-15-18-32-65(59)69(66(60)45-51)56-42-44-63-61(46-56)58-28-13-16-30-62(58)67(63,52-21-7-2-8-22-52)53-23-9-3-10-24-53/h1-46H. The van der Waals surface area contributed by atoms with E-state index in [2.05, 4.69) is 289 Å². The molecule has 1 aliphatic rings. The van der Waals surface area contributed by atoms with Crippen molar-refractivity contribution in [1.29, 1.82) is 0 Å². The number of rotatable bonds is 9. The Labute approximate surface area is 403 Å². The summed E-state index contributed by atoms with van der Waals surface area (Å²) in [6.45, 7) is 0. The molecule has 0 aliphatic heterocycles. The van der Waals surface area contributed by atoms with Gasteiger partial charge in [0.05, 0.1) is 22.1 Å². The second-order valence-corrected chi connectivity index (χ2v) is 18.0. The SMILES string of the molecule is c1ccc(-c2ccc(-c3ccc(N(c4ccccc4)c4ccccc4-c4ccc5c6ccccc6n(-c6ccc7c(c6)-c6ccccc6C7(c6ccccc6)c6ccccc6)c5c4)cc3)cc2)cc1. The molecule has 0 atom stereocenters. The predicted octanol–water partition coefficient (Wildman–Crippen LogP) is 17.6. The van der Waals surface area contributed by atoms with E-state index in [4.69, 9.17) is 0 Å². The van der Waals surface area contributed by atoms with Gasteiger partial charge in [-0.3, -0.25) is 0 Å². The Bertz CT molecular complexity index is 3760. The average molecular weight is 879 g/mol. The van der Waals surface area contributed by atoms with E-state index in [0.717, 1.165) is 33.9 Å². The third-order valence-electron chi connectivity index (χ3n) is 14.3. The van der Waals surface area contributed by atoms with Crippen LogP contribution >= 0.6 is 0 Å². The molecule has 12 aromatic rings. The molecule has 0 bridgehead atoms. The van der Waals surface area contributed by atoms with Gasteiger partial charge in [0.25, 0.3) is 0 Å². The lowest BCUT2D eigenvalue weighted by atomic mass is 9.68. The molecular weight excluding hydrogens is 833 g/mol. The molecule has 11 aromatic carbocycles. The molecule has 0 amide bonds. The summed E-state index contributed by atoms with van der Waals surface area (Å²) >= 11 is 0. The molecule has 0 spiro atoms. The Kier molecular flexibility index (Phi) is 9.77. The van der Waals surface area contributed by atoms with Crippen LogP contribution in [0.5, 0.6) is 0 Å². The van der Waals surface area contributed by atoms with E-state index in [0.29, 0.717) is 0 Å². The van der Waals surface area contributed by atoms with E-state index in [1.54, 1.807) is 0 Å². The summed E-state index contributed by atoms with van der Waals surface area (Å²) in [5, 5.41) is 2.46. The van der Waals surface area contributed by atoms with Gasteiger partial charge in [0.2, 0.25) is 0 Å². The van der Waals surface area contributed by atoms with Crippen LogP contribution in [0.4, 0.5) is 17.1 Å². The maximum absolute atomic E-state index is 2.48. The molecule has 1 heterocycles. The summed E-state index contributed by atoms with van der Waals surface area (Å²) < 4.78 is 2.48. The monoisotopic (exact) mass is 878 g/mol. The quantitative estimate of drug-likeness (QED) is 0.140. The van der Waals surface area contributed by atoms with Gasteiger partial charge in [-0.2, -0.15) is 0 Å². The van der Waals surface area contributed by atoms with E-state index in [1.807, 2.05) is 0 Å². The Hall–Kier alpha value is -8.98. The number of anilines is 3. The molecule has 1 aliphatic carbocycles. The molecule has 0 N–H and O–H groups in total. The van der Waals surface area contributed by atoms with Gasteiger partial charge in [0.1, 0.15) is 0 Å². The van der Waals surface area contributed by atoms with Gasteiger partial charge in [0, 0.05) is 33.4 Å². The fraction of sp³-hybridized carbons (Fsp3) is 0.0149. The van der Waals surface area contributed by atoms with Crippen LogP contribution in [0, 0.1) is 0 Å². The van der Waals surface area contributed by atoms with Crippen LogP contribution in [0.25, 0.3) is 72.0 Å². The lowest BCUT2D eigenvalue weighted by molar-refractivity contribution is 0.768. The van der Waals surface area contributed by atoms with Crippen LogP contribution in [-0.2, 0) is 5.41 Å². The summed E-state index contributed by atoms with van der Waals surface area (Å²) in [6.07, 6.45) is 0. The first-order valence-electron chi connectivity index (χ1n) is 23.8. The number of benzene rings is 11. The Morgan fingerprint density at radius 2 is 0.768 bits per heavy atom. The highest BCUT2D eigenvalue weighted by Gasteiger charge is 2.46. The third kappa shape index (κ3) is 6.64. The highest BCUT2D eigenvalue weighted by Crippen LogP contribution is 2.56. The van der Waals surface area contributed by atoms with Crippen molar-refractivity contribution in [2.75, 3.05) is 4.90 Å². The van der Waals surface area contributed by atoms with Crippen molar-refractivity contribution >= 4 is 38.9 Å². The van der Waals surface area contributed by atoms with Crippen molar-refractivity contribution in [2.45, 2.75) is 5.41 Å². The van der Waals surface area contributed by atoms with Gasteiger partial charge in [-0.25, -0.2) is 0 Å². The zero-order valence-electron chi connectivity index (χ0n) is 38.0. The first kappa shape index (κ1) is 40.3. The van der Waals surface area contributed by atoms with Gasteiger partial charge in [-0.05, 0) is 116 Å². The molecule has 0 saturated heterocycles. The Balaban J connectivity index is 0.944. The van der Waals surface area contributed by atoms with Crippen molar-refractivity contribution in [1.82, 2.24) is 4.57 Å². The molecule has 2 nitrogen and oxygen atoms in total. The molecule has 0 radical (unpaired) electrons. The summed E-state index contributed by atoms with van der Waals surface area (Å²) in [5.74, 6) is 0. The van der Waals surface area contributed by atoms with Crippen molar-refractivity contribution in [2.24, 2.45) is 0 Å². The van der Waals surface area contributed by atoms with E-state index >= 15 is 0 Å². The van der Waals surface area contributed by atoms with Gasteiger partial charge < -0.3 is 9.47 Å². The second kappa shape index (κ2) is 16.7. The largest absolute Gasteiger partial charge is 0.310 e. The van der Waals surface area contributed by atoms with E-state index in [1.165, 1.54) is 77.4 Å². The molecule has 324 valence electrons. The zero-order chi connectivity index (χ0) is 45.7. The summed E-state index contributed by atoms with van der Waals surface area (Å²) in [6, 6.07) is 102. The van der Waals surface area contributed by atoms with Crippen molar-refractivity contribution in [3.8, 4) is 50.2 Å². The lowest BCUT2D eigenvalue weighted by Gasteiger charge is -2.33. The lowest BCUT2D eigenvalue weighted by Crippen LogP contribution is -2.28.